The maximum Gasteiger partial charge on any atom is 0.217 e. The molecule has 5 aromatic carbocycles. The number of pyridine rings is 1. The molecule has 0 saturated carbocycles. The summed E-state index contributed by atoms with van der Waals surface area (Å²) in [6, 6.07) is 45.7. The van der Waals surface area contributed by atoms with Gasteiger partial charge in [-0.15, -0.1) is 0 Å². The molecule has 0 spiro atoms. The van der Waals surface area contributed by atoms with E-state index in [1.54, 1.807) is 0 Å². The molecular formula is C42H32N4O. The van der Waals surface area contributed by atoms with Gasteiger partial charge >= 0.3 is 0 Å². The van der Waals surface area contributed by atoms with Gasteiger partial charge in [0.1, 0.15) is 18.0 Å². The molecule has 10 rings (SSSR count). The Labute approximate surface area is 273 Å². The Kier molecular flexibility index (Phi) is 5.45. The summed E-state index contributed by atoms with van der Waals surface area (Å²) in [7, 11) is 0. The average Bonchev–Trinajstić information content (AvgIpc) is 3.78. The first kappa shape index (κ1) is 26.5. The van der Waals surface area contributed by atoms with Crippen LogP contribution in [0, 0.1) is 0 Å². The minimum atomic E-state index is -0.216. The Morgan fingerprint density at radius 1 is 0.702 bits per heavy atom. The molecule has 0 bridgehead atoms. The van der Waals surface area contributed by atoms with Crippen LogP contribution in [0.25, 0.3) is 27.6 Å². The fourth-order valence-electron chi connectivity index (χ4n) is 8.19. The van der Waals surface area contributed by atoms with Gasteiger partial charge in [-0.2, -0.15) is 0 Å². The number of para-hydroxylation sites is 2. The van der Waals surface area contributed by atoms with Crippen molar-refractivity contribution in [2.24, 2.45) is 4.99 Å². The van der Waals surface area contributed by atoms with E-state index in [0.29, 0.717) is 0 Å². The zero-order valence-electron chi connectivity index (χ0n) is 26.3. The number of aliphatic imine (C=N–C) groups is 1. The van der Waals surface area contributed by atoms with E-state index < -0.39 is 0 Å². The lowest BCUT2D eigenvalue weighted by Crippen LogP contribution is -2.30. The first-order chi connectivity index (χ1) is 23.1. The Morgan fingerprint density at radius 2 is 1.53 bits per heavy atom. The minimum Gasteiger partial charge on any atom is -0.471 e. The molecule has 5 heteroatoms. The smallest absolute Gasteiger partial charge is 0.217 e. The van der Waals surface area contributed by atoms with Crippen molar-refractivity contribution in [3.8, 4) is 5.82 Å². The van der Waals surface area contributed by atoms with Gasteiger partial charge in [0, 0.05) is 40.1 Å². The number of rotatable bonds is 3. The molecule has 3 aliphatic rings. The molecule has 2 atom stereocenters. The van der Waals surface area contributed by atoms with E-state index in [1.165, 1.54) is 44.4 Å². The van der Waals surface area contributed by atoms with Gasteiger partial charge in [-0.1, -0.05) is 86.6 Å². The van der Waals surface area contributed by atoms with Crippen LogP contribution in [0.3, 0.4) is 0 Å². The third-order valence-corrected chi connectivity index (χ3v) is 10.4. The molecule has 0 radical (unpaired) electrons. The molecule has 2 aromatic heterocycles. The minimum absolute atomic E-state index is 0.0592. The molecule has 1 aliphatic carbocycles. The molecule has 2 aliphatic heterocycles. The van der Waals surface area contributed by atoms with Gasteiger partial charge in [-0.25, -0.2) is 9.98 Å². The van der Waals surface area contributed by atoms with Crippen LogP contribution in [-0.2, 0) is 16.6 Å². The lowest BCUT2D eigenvalue weighted by molar-refractivity contribution is 0.206. The Bertz CT molecular complexity index is 2420. The second-order valence-corrected chi connectivity index (χ2v) is 13.4. The number of hydrogen-bond donors (Lipinski definition) is 0. The standard InChI is InChI=1S/C42H32N4O/c1-42(2)32-17-6-8-19-35(32)45(28-14-11-13-27(22-28)41-44-40-29-15-4-3-12-26(29)23-38(40)47-41)37-25-36-31(24-33(37)42)30-16-5-7-18-34(30)46(36)39-20-9-10-21-43-39/h3-22,24-25,38,40H,23H2,1-2H3/t38-,40+/m1/s1. The van der Waals surface area contributed by atoms with Gasteiger partial charge in [-0.3, -0.25) is 4.57 Å². The number of hydrogen-bond acceptors (Lipinski definition) is 4. The molecule has 0 fully saturated rings. The predicted molar refractivity (Wildman–Crippen MR) is 190 cm³/mol. The highest BCUT2D eigenvalue weighted by molar-refractivity contribution is 6.11. The maximum atomic E-state index is 6.55. The normalized spacial score (nSPS) is 18.8. The highest BCUT2D eigenvalue weighted by Gasteiger charge is 2.40. The summed E-state index contributed by atoms with van der Waals surface area (Å²) in [5, 5.41) is 2.45. The van der Waals surface area contributed by atoms with E-state index in [2.05, 4.69) is 145 Å². The second-order valence-electron chi connectivity index (χ2n) is 13.4. The van der Waals surface area contributed by atoms with Crippen molar-refractivity contribution in [1.82, 2.24) is 9.55 Å². The topological polar surface area (TPSA) is 42.6 Å². The van der Waals surface area contributed by atoms with Crippen molar-refractivity contribution < 1.29 is 4.74 Å². The summed E-state index contributed by atoms with van der Waals surface area (Å²) in [5.41, 5.74) is 11.7. The zero-order valence-corrected chi connectivity index (χ0v) is 26.3. The summed E-state index contributed by atoms with van der Waals surface area (Å²) in [6.07, 6.45) is 2.83. The van der Waals surface area contributed by atoms with Gasteiger partial charge in [0.05, 0.1) is 22.4 Å². The van der Waals surface area contributed by atoms with Crippen molar-refractivity contribution in [2.45, 2.75) is 37.8 Å². The maximum absolute atomic E-state index is 6.55. The van der Waals surface area contributed by atoms with Crippen LogP contribution in [0.5, 0.6) is 0 Å². The first-order valence-corrected chi connectivity index (χ1v) is 16.4. The van der Waals surface area contributed by atoms with Gasteiger partial charge in [0.15, 0.2) is 0 Å². The molecule has 4 heterocycles. The van der Waals surface area contributed by atoms with E-state index in [9.17, 15) is 0 Å². The highest BCUT2D eigenvalue weighted by atomic mass is 16.5. The fourth-order valence-corrected chi connectivity index (χ4v) is 8.19. The number of aromatic nitrogens is 2. The zero-order chi connectivity index (χ0) is 31.3. The third kappa shape index (κ3) is 3.77. The van der Waals surface area contributed by atoms with Crippen molar-refractivity contribution in [2.75, 3.05) is 4.90 Å². The largest absolute Gasteiger partial charge is 0.471 e. The second kappa shape index (κ2) is 9.66. The van der Waals surface area contributed by atoms with Crippen LogP contribution in [0.1, 0.15) is 47.7 Å². The summed E-state index contributed by atoms with van der Waals surface area (Å²) in [4.78, 5) is 12.3. The van der Waals surface area contributed by atoms with E-state index in [4.69, 9.17) is 14.7 Å². The lowest BCUT2D eigenvalue weighted by Gasteiger charge is -2.42. The summed E-state index contributed by atoms with van der Waals surface area (Å²) in [5.74, 6) is 1.64. The van der Waals surface area contributed by atoms with Crippen molar-refractivity contribution in [1.29, 1.82) is 0 Å². The predicted octanol–water partition coefficient (Wildman–Crippen LogP) is 9.73. The lowest BCUT2D eigenvalue weighted by atomic mass is 9.73. The molecule has 5 nitrogen and oxygen atoms in total. The molecule has 0 saturated heterocycles. The van der Waals surface area contributed by atoms with Crippen LogP contribution < -0.4 is 4.90 Å². The van der Waals surface area contributed by atoms with Crippen molar-refractivity contribution >= 4 is 44.8 Å². The van der Waals surface area contributed by atoms with Crippen LogP contribution in [0.4, 0.5) is 17.1 Å². The summed E-state index contributed by atoms with van der Waals surface area (Å²) >= 11 is 0. The monoisotopic (exact) mass is 608 g/mol. The van der Waals surface area contributed by atoms with E-state index in [-0.39, 0.29) is 17.6 Å². The summed E-state index contributed by atoms with van der Waals surface area (Å²) < 4.78 is 8.84. The third-order valence-electron chi connectivity index (χ3n) is 10.4. The van der Waals surface area contributed by atoms with Crippen LogP contribution >= 0.6 is 0 Å². The molecule has 47 heavy (non-hydrogen) atoms. The van der Waals surface area contributed by atoms with Gasteiger partial charge < -0.3 is 9.64 Å². The van der Waals surface area contributed by atoms with Gasteiger partial charge in [0.2, 0.25) is 5.90 Å². The number of anilines is 3. The van der Waals surface area contributed by atoms with Gasteiger partial charge in [-0.05, 0) is 76.9 Å². The van der Waals surface area contributed by atoms with Crippen molar-refractivity contribution in [3.05, 3.63) is 161 Å². The van der Waals surface area contributed by atoms with E-state index >= 15 is 0 Å². The number of ether oxygens (including phenoxy) is 1. The molecule has 0 N–H and O–H groups in total. The molecule has 0 amide bonds. The number of nitrogens with zero attached hydrogens (tertiary/aromatic N) is 4. The van der Waals surface area contributed by atoms with Crippen molar-refractivity contribution in [3.63, 3.8) is 0 Å². The Hall–Kier alpha value is -5.68. The van der Waals surface area contributed by atoms with E-state index in [0.717, 1.165) is 40.4 Å². The average molecular weight is 609 g/mol. The summed E-state index contributed by atoms with van der Waals surface area (Å²) in [6.45, 7) is 4.69. The van der Waals surface area contributed by atoms with Crippen LogP contribution in [-0.4, -0.2) is 21.6 Å². The molecule has 226 valence electrons. The molecule has 0 unspecified atom stereocenters. The number of fused-ring (bicyclic) bond motifs is 8. The fraction of sp³-hybridized carbons (Fsp3) is 0.143. The quantitative estimate of drug-likeness (QED) is 0.201. The number of benzene rings is 5. The van der Waals surface area contributed by atoms with Crippen LogP contribution in [0.15, 0.2) is 139 Å². The Balaban J connectivity index is 1.19. The SMILES string of the molecule is CC1(C)c2ccccc2N(c2cccc(C3=N[C@H]4c5ccccc5C[C@H]4O3)c2)c2cc3c(cc21)c1ccccc1n3-c1ccccn1. The molecular weight excluding hydrogens is 576 g/mol. The Morgan fingerprint density at radius 3 is 2.45 bits per heavy atom. The van der Waals surface area contributed by atoms with Gasteiger partial charge in [0.25, 0.3) is 0 Å². The molecule has 7 aromatic rings. The highest BCUT2D eigenvalue weighted by Crippen LogP contribution is 2.54. The first-order valence-electron chi connectivity index (χ1n) is 16.4. The van der Waals surface area contributed by atoms with Crippen LogP contribution in [0.2, 0.25) is 0 Å². The van der Waals surface area contributed by atoms with E-state index in [1.807, 2.05) is 12.3 Å².